The van der Waals surface area contributed by atoms with Gasteiger partial charge in [0.05, 0.1) is 11.5 Å². The molecular weight excluding hydrogens is 288 g/mol. The Labute approximate surface area is 121 Å². The molecule has 110 valence electrons. The van der Waals surface area contributed by atoms with E-state index in [4.69, 9.17) is 21.1 Å². The minimum absolute atomic E-state index is 0.0152. The van der Waals surface area contributed by atoms with Crippen LogP contribution in [-0.4, -0.2) is 35.7 Å². The summed E-state index contributed by atoms with van der Waals surface area (Å²) in [7, 11) is 0. The lowest BCUT2D eigenvalue weighted by Crippen LogP contribution is -2.14. The van der Waals surface area contributed by atoms with Crippen molar-refractivity contribution in [3.8, 4) is 0 Å². The molecule has 0 spiro atoms. The van der Waals surface area contributed by atoms with E-state index in [9.17, 15) is 14.9 Å². The molecule has 8 heteroatoms. The number of rotatable bonds is 7. The van der Waals surface area contributed by atoms with E-state index in [1.807, 2.05) is 13.8 Å². The summed E-state index contributed by atoms with van der Waals surface area (Å²) in [5.41, 5.74) is -0.665. The second-order valence-electron chi connectivity index (χ2n) is 4.39. The van der Waals surface area contributed by atoms with Crippen LogP contribution in [0.25, 0.3) is 0 Å². The molecule has 0 unspecified atom stereocenters. The van der Waals surface area contributed by atoms with Crippen molar-refractivity contribution in [2.45, 2.75) is 13.8 Å². The summed E-state index contributed by atoms with van der Waals surface area (Å²) in [5.74, 6) is -0.444. The van der Waals surface area contributed by atoms with Crippen molar-refractivity contribution in [3.63, 3.8) is 0 Å². The van der Waals surface area contributed by atoms with Crippen molar-refractivity contribution in [3.05, 3.63) is 33.1 Å². The first-order valence-corrected chi connectivity index (χ1v) is 6.34. The normalized spacial score (nSPS) is 10.6. The Kier molecular flexibility index (Phi) is 6.33. The van der Waals surface area contributed by atoms with Crippen molar-refractivity contribution >= 4 is 23.3 Å². The first-order chi connectivity index (χ1) is 9.41. The number of carbonyl (C=O) groups excluding carboxylic acids is 1. The summed E-state index contributed by atoms with van der Waals surface area (Å²) in [6.45, 7) is 4.79. The number of pyridine rings is 1. The number of ether oxygens (including phenoxy) is 2. The van der Waals surface area contributed by atoms with E-state index in [1.165, 1.54) is 0 Å². The summed E-state index contributed by atoms with van der Waals surface area (Å²) >= 11 is 5.62. The van der Waals surface area contributed by atoms with E-state index >= 15 is 0 Å². The third kappa shape index (κ3) is 5.10. The molecule has 0 saturated heterocycles. The van der Waals surface area contributed by atoms with Gasteiger partial charge in [-0.25, -0.2) is 9.78 Å². The molecule has 0 radical (unpaired) electrons. The smallest absolute Gasteiger partial charge is 0.345 e. The Morgan fingerprint density at radius 2 is 2.20 bits per heavy atom. The van der Waals surface area contributed by atoms with Crippen molar-refractivity contribution < 1.29 is 19.2 Å². The fraction of sp³-hybridized carbons (Fsp3) is 0.500. The van der Waals surface area contributed by atoms with Crippen molar-refractivity contribution in [2.75, 3.05) is 19.8 Å². The molecule has 0 aliphatic carbocycles. The summed E-state index contributed by atoms with van der Waals surface area (Å²) in [4.78, 5) is 25.4. The van der Waals surface area contributed by atoms with Crippen LogP contribution in [-0.2, 0) is 9.47 Å². The van der Waals surface area contributed by atoms with E-state index in [0.29, 0.717) is 12.5 Å². The summed E-state index contributed by atoms with van der Waals surface area (Å²) in [5, 5.41) is 10.8. The van der Waals surface area contributed by atoms with E-state index in [2.05, 4.69) is 4.98 Å². The Morgan fingerprint density at radius 1 is 1.50 bits per heavy atom. The fourth-order valence-electron chi connectivity index (χ4n) is 1.32. The lowest BCUT2D eigenvalue weighted by molar-refractivity contribution is -0.385. The van der Waals surface area contributed by atoms with E-state index in [0.717, 1.165) is 12.3 Å². The quantitative estimate of drug-likeness (QED) is 0.252. The maximum atomic E-state index is 11.8. The molecule has 20 heavy (non-hydrogen) atoms. The van der Waals surface area contributed by atoms with Gasteiger partial charge in [-0.3, -0.25) is 10.1 Å². The molecule has 0 aromatic carbocycles. The molecule has 0 amide bonds. The largest absolute Gasteiger partial charge is 0.459 e. The highest BCUT2D eigenvalue weighted by Gasteiger charge is 2.22. The van der Waals surface area contributed by atoms with Gasteiger partial charge in [0.1, 0.15) is 23.5 Å². The Hall–Kier alpha value is -1.73. The van der Waals surface area contributed by atoms with Gasteiger partial charge in [0.2, 0.25) is 0 Å². The Bertz CT molecular complexity index is 493. The van der Waals surface area contributed by atoms with Crippen LogP contribution in [0.4, 0.5) is 5.69 Å². The van der Waals surface area contributed by atoms with Gasteiger partial charge >= 0.3 is 11.7 Å². The molecule has 0 fully saturated rings. The molecule has 0 bridgehead atoms. The molecule has 0 aliphatic heterocycles. The zero-order valence-corrected chi connectivity index (χ0v) is 11.9. The lowest BCUT2D eigenvalue weighted by atomic mass is 10.2. The standard InChI is InChI=1S/C12H15ClN2O5/c1-8(2)7-19-3-4-20-12(16)9-5-11(13)14-6-10(9)15(17)18/h5-6,8H,3-4,7H2,1-2H3. The highest BCUT2D eigenvalue weighted by atomic mass is 35.5. The number of hydrogen-bond donors (Lipinski definition) is 0. The Balaban J connectivity index is 2.59. The number of hydrogen-bond acceptors (Lipinski definition) is 6. The predicted molar refractivity (Wildman–Crippen MR) is 71.8 cm³/mol. The Morgan fingerprint density at radius 3 is 2.80 bits per heavy atom. The SMILES string of the molecule is CC(C)COCCOC(=O)c1cc(Cl)ncc1[N+](=O)[O-]. The lowest BCUT2D eigenvalue weighted by Gasteiger charge is -2.08. The zero-order chi connectivity index (χ0) is 15.1. The molecule has 1 aromatic heterocycles. The minimum Gasteiger partial charge on any atom is -0.459 e. The van der Waals surface area contributed by atoms with E-state index < -0.39 is 16.6 Å². The van der Waals surface area contributed by atoms with Gasteiger partial charge in [-0.2, -0.15) is 0 Å². The number of carbonyl (C=O) groups is 1. The topological polar surface area (TPSA) is 91.6 Å². The first kappa shape index (κ1) is 16.3. The minimum atomic E-state index is -0.825. The van der Waals surface area contributed by atoms with Crippen LogP contribution in [0, 0.1) is 16.0 Å². The number of nitro groups is 1. The van der Waals surface area contributed by atoms with Gasteiger partial charge in [-0.05, 0) is 12.0 Å². The van der Waals surface area contributed by atoms with Crippen molar-refractivity contribution in [1.29, 1.82) is 0 Å². The van der Waals surface area contributed by atoms with Gasteiger partial charge in [-0.1, -0.05) is 25.4 Å². The van der Waals surface area contributed by atoms with E-state index in [-0.39, 0.29) is 23.9 Å². The van der Waals surface area contributed by atoms with Crippen LogP contribution >= 0.6 is 11.6 Å². The van der Waals surface area contributed by atoms with E-state index in [1.54, 1.807) is 0 Å². The predicted octanol–water partition coefficient (Wildman–Crippen LogP) is 2.47. The van der Waals surface area contributed by atoms with Crippen LogP contribution < -0.4 is 0 Å². The number of aromatic nitrogens is 1. The molecule has 1 aromatic rings. The van der Waals surface area contributed by atoms with Crippen LogP contribution in [0.1, 0.15) is 24.2 Å². The van der Waals surface area contributed by atoms with Crippen LogP contribution in [0.5, 0.6) is 0 Å². The molecule has 1 heterocycles. The van der Waals surface area contributed by atoms with Crippen molar-refractivity contribution in [1.82, 2.24) is 4.98 Å². The summed E-state index contributed by atoms with van der Waals surface area (Å²) < 4.78 is 10.1. The second-order valence-corrected chi connectivity index (χ2v) is 4.77. The third-order valence-electron chi connectivity index (χ3n) is 2.18. The zero-order valence-electron chi connectivity index (χ0n) is 11.2. The highest BCUT2D eigenvalue weighted by molar-refractivity contribution is 6.29. The van der Waals surface area contributed by atoms with Crippen LogP contribution in [0.15, 0.2) is 12.3 Å². The van der Waals surface area contributed by atoms with Gasteiger partial charge in [0.15, 0.2) is 0 Å². The number of nitrogens with zero attached hydrogens (tertiary/aromatic N) is 2. The molecule has 0 aliphatic rings. The molecule has 0 N–H and O–H groups in total. The average molecular weight is 303 g/mol. The van der Waals surface area contributed by atoms with Gasteiger partial charge in [-0.15, -0.1) is 0 Å². The van der Waals surface area contributed by atoms with Gasteiger partial charge in [0.25, 0.3) is 0 Å². The third-order valence-corrected chi connectivity index (χ3v) is 2.38. The maximum absolute atomic E-state index is 11.8. The molecule has 0 atom stereocenters. The van der Waals surface area contributed by atoms with Crippen LogP contribution in [0.3, 0.4) is 0 Å². The average Bonchev–Trinajstić information content (AvgIpc) is 2.37. The van der Waals surface area contributed by atoms with Gasteiger partial charge in [0, 0.05) is 6.61 Å². The van der Waals surface area contributed by atoms with Crippen molar-refractivity contribution in [2.24, 2.45) is 5.92 Å². The first-order valence-electron chi connectivity index (χ1n) is 5.96. The summed E-state index contributed by atoms with van der Waals surface area (Å²) in [6.07, 6.45) is 0.925. The second kappa shape index (κ2) is 7.76. The summed E-state index contributed by atoms with van der Waals surface area (Å²) in [6, 6.07) is 1.11. The fourth-order valence-corrected chi connectivity index (χ4v) is 1.48. The molecule has 7 nitrogen and oxygen atoms in total. The highest BCUT2D eigenvalue weighted by Crippen LogP contribution is 2.21. The number of halogens is 1. The molecule has 1 rings (SSSR count). The molecular formula is C12H15ClN2O5. The maximum Gasteiger partial charge on any atom is 0.345 e. The number of esters is 1. The monoisotopic (exact) mass is 302 g/mol. The van der Waals surface area contributed by atoms with Gasteiger partial charge < -0.3 is 9.47 Å². The molecule has 0 saturated carbocycles. The van der Waals surface area contributed by atoms with Crippen LogP contribution in [0.2, 0.25) is 5.15 Å².